The van der Waals surface area contributed by atoms with Crippen molar-refractivity contribution < 1.29 is 0 Å². The number of unbranched alkanes of at least 4 members (excludes halogenated alkanes) is 2. The highest BCUT2D eigenvalue weighted by Gasteiger charge is 1.99. The number of rotatable bonds is 5. The number of nitrogens with one attached hydrogen (secondary N) is 1. The molecule has 1 rings (SSSR count). The molecule has 1 aromatic rings. The van der Waals surface area contributed by atoms with Crippen LogP contribution in [0.1, 0.15) is 37.6 Å². The fourth-order valence-corrected chi connectivity index (χ4v) is 1.29. The average molecular weight is 193 g/mol. The normalized spacial score (nSPS) is 10.2. The van der Waals surface area contributed by atoms with Crippen LogP contribution in [0.4, 0.5) is 5.82 Å². The Labute approximate surface area is 86.0 Å². The Kier molecular flexibility index (Phi) is 4.36. The van der Waals surface area contributed by atoms with Crippen LogP contribution in [0.3, 0.4) is 0 Å². The molecular weight excluding hydrogens is 174 g/mol. The lowest BCUT2D eigenvalue weighted by atomic mass is 10.2. The summed E-state index contributed by atoms with van der Waals surface area (Å²) in [7, 11) is 0. The average Bonchev–Trinajstić information content (AvgIpc) is 2.18. The van der Waals surface area contributed by atoms with Gasteiger partial charge in [0.15, 0.2) is 0 Å². The number of anilines is 1. The molecular formula is C11H19N3. The summed E-state index contributed by atoms with van der Waals surface area (Å²) in [5.41, 5.74) is 1.95. The third kappa shape index (κ3) is 3.32. The number of hydrogen-bond acceptors (Lipinski definition) is 3. The van der Waals surface area contributed by atoms with Crippen molar-refractivity contribution in [3.05, 3.63) is 17.6 Å². The molecule has 3 heteroatoms. The summed E-state index contributed by atoms with van der Waals surface area (Å²) in [5.74, 6) is 0.932. The van der Waals surface area contributed by atoms with Crippen LogP contribution in [0.25, 0.3) is 0 Å². The topological polar surface area (TPSA) is 37.8 Å². The van der Waals surface area contributed by atoms with Crippen LogP contribution in [-0.4, -0.2) is 16.5 Å². The van der Waals surface area contributed by atoms with Crippen LogP contribution in [0.15, 0.2) is 6.20 Å². The van der Waals surface area contributed by atoms with E-state index in [1.165, 1.54) is 19.3 Å². The first kappa shape index (κ1) is 11.0. The van der Waals surface area contributed by atoms with E-state index in [0.717, 1.165) is 23.8 Å². The Balaban J connectivity index is 2.45. The lowest BCUT2D eigenvalue weighted by Crippen LogP contribution is -2.06. The van der Waals surface area contributed by atoms with Crippen LogP contribution in [0, 0.1) is 13.8 Å². The van der Waals surface area contributed by atoms with Gasteiger partial charge in [-0.15, -0.1) is 0 Å². The zero-order valence-electron chi connectivity index (χ0n) is 9.30. The zero-order valence-corrected chi connectivity index (χ0v) is 9.30. The first-order valence-electron chi connectivity index (χ1n) is 5.28. The molecule has 1 aromatic heterocycles. The molecule has 0 bridgehead atoms. The summed E-state index contributed by atoms with van der Waals surface area (Å²) in [6.07, 6.45) is 5.52. The van der Waals surface area contributed by atoms with Crippen molar-refractivity contribution in [2.45, 2.75) is 40.0 Å². The monoisotopic (exact) mass is 193 g/mol. The number of hydrogen-bond donors (Lipinski definition) is 1. The van der Waals surface area contributed by atoms with Gasteiger partial charge in [0.05, 0.1) is 11.4 Å². The Hall–Kier alpha value is -1.12. The number of nitrogens with zero attached hydrogens (tertiary/aromatic N) is 2. The van der Waals surface area contributed by atoms with Crippen LogP contribution in [-0.2, 0) is 0 Å². The van der Waals surface area contributed by atoms with Gasteiger partial charge in [-0.25, -0.2) is 4.98 Å². The summed E-state index contributed by atoms with van der Waals surface area (Å²) in [5, 5.41) is 3.31. The fourth-order valence-electron chi connectivity index (χ4n) is 1.29. The molecule has 0 aromatic carbocycles. The summed E-state index contributed by atoms with van der Waals surface area (Å²) >= 11 is 0. The molecule has 1 N–H and O–H groups in total. The van der Waals surface area contributed by atoms with Crippen molar-refractivity contribution in [1.29, 1.82) is 0 Å². The van der Waals surface area contributed by atoms with Gasteiger partial charge in [-0.1, -0.05) is 19.8 Å². The summed E-state index contributed by atoms with van der Waals surface area (Å²) in [6, 6.07) is 0. The number of aryl methyl sites for hydroxylation is 2. The maximum atomic E-state index is 4.40. The molecule has 0 aliphatic heterocycles. The molecule has 0 radical (unpaired) electrons. The highest BCUT2D eigenvalue weighted by molar-refractivity contribution is 5.39. The molecule has 1 heterocycles. The van der Waals surface area contributed by atoms with Crippen LogP contribution in [0.5, 0.6) is 0 Å². The van der Waals surface area contributed by atoms with Gasteiger partial charge in [0.1, 0.15) is 5.82 Å². The van der Waals surface area contributed by atoms with Crippen molar-refractivity contribution in [1.82, 2.24) is 9.97 Å². The van der Waals surface area contributed by atoms with Crippen molar-refractivity contribution in [2.24, 2.45) is 0 Å². The Morgan fingerprint density at radius 1 is 1.29 bits per heavy atom. The van der Waals surface area contributed by atoms with Gasteiger partial charge < -0.3 is 5.32 Å². The van der Waals surface area contributed by atoms with E-state index in [9.17, 15) is 0 Å². The summed E-state index contributed by atoms with van der Waals surface area (Å²) < 4.78 is 0. The Morgan fingerprint density at radius 2 is 2.07 bits per heavy atom. The second-order valence-corrected chi connectivity index (χ2v) is 3.58. The third-order valence-electron chi connectivity index (χ3n) is 2.15. The molecule has 14 heavy (non-hydrogen) atoms. The van der Waals surface area contributed by atoms with E-state index >= 15 is 0 Å². The lowest BCUT2D eigenvalue weighted by Gasteiger charge is -2.07. The van der Waals surface area contributed by atoms with E-state index in [2.05, 4.69) is 22.2 Å². The van der Waals surface area contributed by atoms with Crippen LogP contribution < -0.4 is 5.32 Å². The summed E-state index contributed by atoms with van der Waals surface area (Å²) in [6.45, 7) is 7.14. The molecule has 0 aliphatic rings. The standard InChI is InChI=1S/C11H19N3/c1-4-5-6-7-12-11-10(3)13-8-9(2)14-11/h8H,4-7H2,1-3H3,(H,12,14). The molecule has 3 nitrogen and oxygen atoms in total. The molecule has 0 fully saturated rings. The van der Waals surface area contributed by atoms with Gasteiger partial charge >= 0.3 is 0 Å². The van der Waals surface area contributed by atoms with E-state index in [-0.39, 0.29) is 0 Å². The highest BCUT2D eigenvalue weighted by atomic mass is 15.0. The van der Waals surface area contributed by atoms with Gasteiger partial charge in [0.2, 0.25) is 0 Å². The van der Waals surface area contributed by atoms with Gasteiger partial charge in [0.25, 0.3) is 0 Å². The van der Waals surface area contributed by atoms with Crippen molar-refractivity contribution in [2.75, 3.05) is 11.9 Å². The van der Waals surface area contributed by atoms with Gasteiger partial charge in [-0.2, -0.15) is 0 Å². The molecule has 78 valence electrons. The van der Waals surface area contributed by atoms with Gasteiger partial charge in [0, 0.05) is 12.7 Å². The quantitative estimate of drug-likeness (QED) is 0.731. The summed E-state index contributed by atoms with van der Waals surface area (Å²) in [4.78, 5) is 8.65. The molecule has 0 atom stereocenters. The van der Waals surface area contributed by atoms with E-state index in [0.29, 0.717) is 0 Å². The molecule has 0 spiro atoms. The first-order valence-corrected chi connectivity index (χ1v) is 5.28. The van der Waals surface area contributed by atoms with Crippen LogP contribution in [0.2, 0.25) is 0 Å². The maximum Gasteiger partial charge on any atom is 0.147 e. The molecule has 0 unspecified atom stereocenters. The van der Waals surface area contributed by atoms with E-state index < -0.39 is 0 Å². The lowest BCUT2D eigenvalue weighted by molar-refractivity contribution is 0.741. The second-order valence-electron chi connectivity index (χ2n) is 3.58. The highest BCUT2D eigenvalue weighted by Crippen LogP contribution is 2.08. The van der Waals surface area contributed by atoms with Crippen molar-refractivity contribution >= 4 is 5.82 Å². The fraction of sp³-hybridized carbons (Fsp3) is 0.636. The van der Waals surface area contributed by atoms with E-state index in [1.54, 1.807) is 6.20 Å². The Bertz CT molecular complexity index is 284. The third-order valence-corrected chi connectivity index (χ3v) is 2.15. The van der Waals surface area contributed by atoms with Gasteiger partial charge in [-0.3, -0.25) is 4.98 Å². The minimum Gasteiger partial charge on any atom is -0.369 e. The smallest absolute Gasteiger partial charge is 0.147 e. The molecule has 0 amide bonds. The van der Waals surface area contributed by atoms with E-state index in [4.69, 9.17) is 0 Å². The minimum atomic E-state index is 0.932. The van der Waals surface area contributed by atoms with Crippen LogP contribution >= 0.6 is 0 Å². The zero-order chi connectivity index (χ0) is 10.4. The van der Waals surface area contributed by atoms with E-state index in [1.807, 2.05) is 13.8 Å². The molecule has 0 saturated heterocycles. The maximum absolute atomic E-state index is 4.40. The molecule has 0 saturated carbocycles. The first-order chi connectivity index (χ1) is 6.74. The largest absolute Gasteiger partial charge is 0.369 e. The predicted octanol–water partition coefficient (Wildman–Crippen LogP) is 2.70. The predicted molar refractivity (Wildman–Crippen MR) is 59.5 cm³/mol. The van der Waals surface area contributed by atoms with Crippen molar-refractivity contribution in [3.8, 4) is 0 Å². The second kappa shape index (κ2) is 5.58. The minimum absolute atomic E-state index is 0.932. The van der Waals surface area contributed by atoms with Gasteiger partial charge in [-0.05, 0) is 20.3 Å². The van der Waals surface area contributed by atoms with Crippen molar-refractivity contribution in [3.63, 3.8) is 0 Å². The molecule has 0 aliphatic carbocycles. The number of aromatic nitrogens is 2. The SMILES string of the molecule is CCCCCNc1nc(C)cnc1C. The Morgan fingerprint density at radius 3 is 2.79 bits per heavy atom.